The van der Waals surface area contributed by atoms with Gasteiger partial charge < -0.3 is 19.9 Å². The van der Waals surface area contributed by atoms with Crippen molar-refractivity contribution < 1.29 is 32.5 Å². The fraction of sp³-hybridized carbons (Fsp3) is 0.296. The van der Waals surface area contributed by atoms with Gasteiger partial charge in [0.2, 0.25) is 0 Å². The molecule has 3 aromatic carbocycles. The van der Waals surface area contributed by atoms with E-state index in [4.69, 9.17) is 9.47 Å². The predicted octanol–water partition coefficient (Wildman–Crippen LogP) is 4.95. The molecule has 8 heteroatoms. The van der Waals surface area contributed by atoms with Crippen LogP contribution in [0.25, 0.3) is 0 Å². The lowest BCUT2D eigenvalue weighted by Gasteiger charge is -2.38. The molecule has 0 saturated carbocycles. The molecule has 0 aromatic heterocycles. The molecule has 3 aromatic rings. The van der Waals surface area contributed by atoms with Gasteiger partial charge in [-0.3, -0.25) is 4.79 Å². The molecule has 2 N–H and O–H groups in total. The van der Waals surface area contributed by atoms with Gasteiger partial charge in [-0.2, -0.15) is 13.2 Å². The average molecular weight is 488 g/mol. The van der Waals surface area contributed by atoms with Crippen LogP contribution in [0, 0.1) is 6.92 Å². The number of alkyl halides is 3. The number of rotatable bonds is 9. The molecule has 3 rings (SSSR count). The molecule has 0 radical (unpaired) electrons. The number of hydrogen-bond acceptors (Lipinski definition) is 4. The lowest BCUT2D eigenvalue weighted by molar-refractivity contribution is -0.176. The quantitative estimate of drug-likeness (QED) is 0.448. The number of hydrogen-bond donors (Lipinski definition) is 2. The summed E-state index contributed by atoms with van der Waals surface area (Å²) in [6.07, 6.45) is -5.16. The van der Waals surface area contributed by atoms with Crippen LogP contribution in [0.15, 0.2) is 72.8 Å². The third kappa shape index (κ3) is 6.54. The Labute approximate surface area is 202 Å². The SMILES string of the molecule is COc1ccc(CC(O)(Cc2ccc(OC)cc2)C(NC(=O)C(F)(F)F)c2ccccc2C)cc1. The summed E-state index contributed by atoms with van der Waals surface area (Å²) >= 11 is 0. The molecule has 0 aliphatic rings. The summed E-state index contributed by atoms with van der Waals surface area (Å²) in [5, 5.41) is 14.2. The Balaban J connectivity index is 2.10. The van der Waals surface area contributed by atoms with E-state index in [0.717, 1.165) is 0 Å². The number of carbonyl (C=O) groups excluding carboxylic acids is 1. The third-order valence-corrected chi connectivity index (χ3v) is 5.91. The lowest BCUT2D eigenvalue weighted by atomic mass is 9.78. The molecule has 186 valence electrons. The van der Waals surface area contributed by atoms with Gasteiger partial charge in [-0.15, -0.1) is 0 Å². The fourth-order valence-electron chi connectivity index (χ4n) is 4.09. The van der Waals surface area contributed by atoms with Gasteiger partial charge in [0.25, 0.3) is 0 Å². The molecular formula is C27H28F3NO4. The number of methoxy groups -OCH3 is 2. The molecule has 0 aliphatic carbocycles. The van der Waals surface area contributed by atoms with E-state index in [2.05, 4.69) is 5.32 Å². The van der Waals surface area contributed by atoms with Crippen LogP contribution in [-0.2, 0) is 17.6 Å². The van der Waals surface area contributed by atoms with E-state index in [0.29, 0.717) is 33.8 Å². The van der Waals surface area contributed by atoms with E-state index < -0.39 is 23.7 Å². The number of carbonyl (C=O) groups is 1. The summed E-state index contributed by atoms with van der Waals surface area (Å²) in [6, 6.07) is 19.2. The van der Waals surface area contributed by atoms with Gasteiger partial charge in [0, 0.05) is 12.8 Å². The van der Waals surface area contributed by atoms with Crippen LogP contribution in [0.3, 0.4) is 0 Å². The zero-order chi connectivity index (χ0) is 25.6. The molecule has 0 spiro atoms. The summed E-state index contributed by atoms with van der Waals surface area (Å²) in [5.41, 5.74) is 0.566. The van der Waals surface area contributed by atoms with Crippen LogP contribution >= 0.6 is 0 Å². The van der Waals surface area contributed by atoms with E-state index in [9.17, 15) is 23.1 Å². The smallest absolute Gasteiger partial charge is 0.471 e. The topological polar surface area (TPSA) is 67.8 Å². The maximum atomic E-state index is 13.3. The molecule has 1 atom stereocenters. The maximum absolute atomic E-state index is 13.3. The largest absolute Gasteiger partial charge is 0.497 e. The van der Waals surface area contributed by atoms with Gasteiger partial charge in [0.15, 0.2) is 0 Å². The van der Waals surface area contributed by atoms with Crippen LogP contribution < -0.4 is 14.8 Å². The number of ether oxygens (including phenoxy) is 2. The Morgan fingerprint density at radius 1 is 0.857 bits per heavy atom. The number of benzene rings is 3. The van der Waals surface area contributed by atoms with Crippen LogP contribution in [0.4, 0.5) is 13.2 Å². The first-order valence-corrected chi connectivity index (χ1v) is 11.0. The molecule has 0 heterocycles. The Morgan fingerprint density at radius 2 is 1.31 bits per heavy atom. The first-order chi connectivity index (χ1) is 16.6. The number of aliphatic hydroxyl groups is 1. The minimum Gasteiger partial charge on any atom is -0.497 e. The monoisotopic (exact) mass is 487 g/mol. The van der Waals surface area contributed by atoms with Crippen molar-refractivity contribution in [1.29, 1.82) is 0 Å². The molecule has 0 fully saturated rings. The molecule has 0 saturated heterocycles. The lowest BCUT2D eigenvalue weighted by Crippen LogP contribution is -2.52. The van der Waals surface area contributed by atoms with E-state index in [1.807, 2.05) is 0 Å². The number of nitrogens with one attached hydrogen (secondary N) is 1. The molecule has 1 unspecified atom stereocenters. The van der Waals surface area contributed by atoms with Gasteiger partial charge in [-0.05, 0) is 53.4 Å². The summed E-state index contributed by atoms with van der Waals surface area (Å²) in [7, 11) is 3.05. The molecule has 0 bridgehead atoms. The highest BCUT2D eigenvalue weighted by Gasteiger charge is 2.46. The van der Waals surface area contributed by atoms with Gasteiger partial charge in [0.1, 0.15) is 11.5 Å². The standard InChI is InChI=1S/C27H28F3NO4/c1-18-6-4-5-7-23(18)24(31-25(32)27(28,29)30)26(33,16-19-8-12-21(34-2)13-9-19)17-20-10-14-22(35-3)15-11-20/h4-15,24,33H,16-17H2,1-3H3,(H,31,32). The van der Waals surface area contributed by atoms with Gasteiger partial charge in [-0.1, -0.05) is 48.5 Å². The van der Waals surface area contributed by atoms with Crippen molar-refractivity contribution >= 4 is 5.91 Å². The summed E-state index contributed by atoms with van der Waals surface area (Å²) < 4.78 is 50.3. The first-order valence-electron chi connectivity index (χ1n) is 11.0. The van der Waals surface area contributed by atoms with Gasteiger partial charge in [0.05, 0.1) is 25.9 Å². The second-order valence-corrected chi connectivity index (χ2v) is 8.41. The van der Waals surface area contributed by atoms with Gasteiger partial charge >= 0.3 is 12.1 Å². The Bertz CT molecular complexity index is 1080. The predicted molar refractivity (Wildman–Crippen MR) is 126 cm³/mol. The summed E-state index contributed by atoms with van der Waals surface area (Å²) in [5.74, 6) is -0.907. The minimum atomic E-state index is -5.11. The van der Waals surface area contributed by atoms with Crippen LogP contribution in [-0.4, -0.2) is 37.0 Å². The summed E-state index contributed by atoms with van der Waals surface area (Å²) in [4.78, 5) is 12.1. The number of halogens is 3. The van der Waals surface area contributed by atoms with E-state index in [1.54, 1.807) is 79.7 Å². The van der Waals surface area contributed by atoms with Crippen LogP contribution in [0.2, 0.25) is 0 Å². The van der Waals surface area contributed by atoms with Gasteiger partial charge in [-0.25, -0.2) is 0 Å². The molecule has 5 nitrogen and oxygen atoms in total. The molecule has 35 heavy (non-hydrogen) atoms. The highest BCUT2D eigenvalue weighted by molar-refractivity contribution is 5.82. The Hall–Kier alpha value is -3.52. The van der Waals surface area contributed by atoms with Crippen molar-refractivity contribution in [3.8, 4) is 11.5 Å². The highest BCUT2D eigenvalue weighted by atomic mass is 19.4. The van der Waals surface area contributed by atoms with Crippen molar-refractivity contribution in [2.24, 2.45) is 0 Å². The van der Waals surface area contributed by atoms with Crippen molar-refractivity contribution in [3.63, 3.8) is 0 Å². The Morgan fingerprint density at radius 3 is 1.71 bits per heavy atom. The van der Waals surface area contributed by atoms with Crippen LogP contribution in [0.5, 0.6) is 11.5 Å². The van der Waals surface area contributed by atoms with E-state index >= 15 is 0 Å². The van der Waals surface area contributed by atoms with Crippen molar-refractivity contribution in [2.45, 2.75) is 37.6 Å². The second kappa shape index (κ2) is 10.8. The van der Waals surface area contributed by atoms with E-state index in [-0.39, 0.29) is 12.8 Å². The Kier molecular flexibility index (Phi) is 8.07. The van der Waals surface area contributed by atoms with Crippen molar-refractivity contribution in [2.75, 3.05) is 14.2 Å². The van der Waals surface area contributed by atoms with Crippen LogP contribution in [0.1, 0.15) is 28.3 Å². The van der Waals surface area contributed by atoms with Crippen molar-refractivity contribution in [1.82, 2.24) is 5.32 Å². The fourth-order valence-corrected chi connectivity index (χ4v) is 4.09. The highest BCUT2D eigenvalue weighted by Crippen LogP contribution is 2.36. The summed E-state index contributed by atoms with van der Waals surface area (Å²) in [6.45, 7) is 1.73. The zero-order valence-electron chi connectivity index (χ0n) is 19.7. The molecule has 1 amide bonds. The number of amides is 1. The second-order valence-electron chi connectivity index (χ2n) is 8.41. The van der Waals surface area contributed by atoms with Crippen molar-refractivity contribution in [3.05, 3.63) is 95.1 Å². The normalized spacial score (nSPS) is 12.7. The van der Waals surface area contributed by atoms with E-state index in [1.165, 1.54) is 14.2 Å². The minimum absolute atomic E-state index is 0.0276. The molecule has 0 aliphatic heterocycles. The molecular weight excluding hydrogens is 459 g/mol. The maximum Gasteiger partial charge on any atom is 0.471 e. The average Bonchev–Trinajstić information content (AvgIpc) is 2.83. The number of aryl methyl sites for hydroxylation is 1. The first kappa shape index (κ1) is 26.1. The third-order valence-electron chi connectivity index (χ3n) is 5.91. The zero-order valence-corrected chi connectivity index (χ0v) is 19.7.